The van der Waals surface area contributed by atoms with Crippen LogP contribution in [0.3, 0.4) is 0 Å². The second kappa shape index (κ2) is 6.81. The molecule has 2 aliphatic heterocycles. The van der Waals surface area contributed by atoms with Gasteiger partial charge in [0.1, 0.15) is 5.75 Å². The van der Waals surface area contributed by atoms with Gasteiger partial charge in [-0.1, -0.05) is 26.0 Å². The smallest absolute Gasteiger partial charge is 0.258 e. The molecule has 0 bridgehead atoms. The SMILES string of the molecule is CCN(CC)CC(=O)N1CCC2(CC1)NC(=O)c1ccccc1O2. The second-order valence-electron chi connectivity index (χ2n) is 6.39. The van der Waals surface area contributed by atoms with E-state index in [1.165, 1.54) is 0 Å². The van der Waals surface area contributed by atoms with Gasteiger partial charge in [-0.15, -0.1) is 0 Å². The molecule has 0 aliphatic carbocycles. The van der Waals surface area contributed by atoms with Crippen LogP contribution in [0, 0.1) is 0 Å². The Kier molecular flexibility index (Phi) is 4.76. The lowest BCUT2D eigenvalue weighted by molar-refractivity contribution is -0.136. The molecule has 24 heavy (non-hydrogen) atoms. The van der Waals surface area contributed by atoms with Crippen LogP contribution < -0.4 is 10.1 Å². The number of piperidine rings is 1. The number of carbonyl (C=O) groups excluding carboxylic acids is 2. The van der Waals surface area contributed by atoms with E-state index in [9.17, 15) is 9.59 Å². The van der Waals surface area contributed by atoms with Crippen LogP contribution in [-0.4, -0.2) is 60.1 Å². The third kappa shape index (κ3) is 3.24. The van der Waals surface area contributed by atoms with Crippen molar-refractivity contribution in [3.8, 4) is 5.75 Å². The minimum atomic E-state index is -0.683. The summed E-state index contributed by atoms with van der Waals surface area (Å²) in [5.74, 6) is 0.681. The first-order valence-corrected chi connectivity index (χ1v) is 8.67. The molecule has 6 nitrogen and oxygen atoms in total. The van der Waals surface area contributed by atoms with Crippen molar-refractivity contribution in [3.63, 3.8) is 0 Å². The van der Waals surface area contributed by atoms with E-state index in [2.05, 4.69) is 24.1 Å². The molecular formula is C18H25N3O3. The highest BCUT2D eigenvalue weighted by molar-refractivity contribution is 5.98. The predicted octanol–water partition coefficient (Wildman–Crippen LogP) is 1.47. The van der Waals surface area contributed by atoms with Crippen molar-refractivity contribution >= 4 is 11.8 Å². The first-order valence-electron chi connectivity index (χ1n) is 8.67. The number of likely N-dealkylation sites (tertiary alicyclic amines) is 1. The Morgan fingerprint density at radius 1 is 1.25 bits per heavy atom. The molecule has 0 saturated carbocycles. The number of benzene rings is 1. The van der Waals surface area contributed by atoms with Gasteiger partial charge in [-0.3, -0.25) is 14.5 Å². The van der Waals surface area contributed by atoms with E-state index in [1.54, 1.807) is 6.07 Å². The summed E-state index contributed by atoms with van der Waals surface area (Å²) in [7, 11) is 0. The van der Waals surface area contributed by atoms with Gasteiger partial charge in [0.2, 0.25) is 5.91 Å². The monoisotopic (exact) mass is 331 g/mol. The predicted molar refractivity (Wildman–Crippen MR) is 90.9 cm³/mol. The zero-order valence-corrected chi connectivity index (χ0v) is 14.4. The molecule has 130 valence electrons. The summed E-state index contributed by atoms with van der Waals surface area (Å²) in [6.45, 7) is 7.52. The third-order valence-electron chi connectivity index (χ3n) is 4.96. The van der Waals surface area contributed by atoms with Gasteiger partial charge in [0, 0.05) is 25.9 Å². The molecule has 2 heterocycles. The Morgan fingerprint density at radius 2 is 1.92 bits per heavy atom. The van der Waals surface area contributed by atoms with Gasteiger partial charge in [-0.05, 0) is 25.2 Å². The van der Waals surface area contributed by atoms with Crippen LogP contribution in [-0.2, 0) is 4.79 Å². The number of carbonyl (C=O) groups is 2. The highest BCUT2D eigenvalue weighted by Crippen LogP contribution is 2.33. The van der Waals surface area contributed by atoms with Crippen LogP contribution in [0.2, 0.25) is 0 Å². The fraction of sp³-hybridized carbons (Fsp3) is 0.556. The highest BCUT2D eigenvalue weighted by atomic mass is 16.5. The third-order valence-corrected chi connectivity index (χ3v) is 4.96. The summed E-state index contributed by atoms with van der Waals surface area (Å²) < 4.78 is 6.10. The summed E-state index contributed by atoms with van der Waals surface area (Å²) in [5.41, 5.74) is -0.111. The molecule has 1 aromatic rings. The maximum absolute atomic E-state index is 12.4. The van der Waals surface area contributed by atoms with Crippen molar-refractivity contribution in [3.05, 3.63) is 29.8 Å². The molecule has 3 rings (SSSR count). The number of hydrogen-bond donors (Lipinski definition) is 1. The molecule has 0 aromatic heterocycles. The molecular weight excluding hydrogens is 306 g/mol. The van der Waals surface area contributed by atoms with Crippen LogP contribution in [0.4, 0.5) is 0 Å². The second-order valence-corrected chi connectivity index (χ2v) is 6.39. The van der Waals surface area contributed by atoms with Crippen molar-refractivity contribution in [2.45, 2.75) is 32.4 Å². The quantitative estimate of drug-likeness (QED) is 0.908. The molecule has 1 saturated heterocycles. The van der Waals surface area contributed by atoms with E-state index >= 15 is 0 Å². The Morgan fingerprint density at radius 3 is 2.58 bits per heavy atom. The Bertz CT molecular complexity index is 620. The maximum atomic E-state index is 12.4. The standard InChI is InChI=1S/C18H25N3O3/c1-3-20(4-2)13-16(22)21-11-9-18(10-12-21)19-17(23)14-7-5-6-8-15(14)24-18/h5-8H,3-4,9-13H2,1-2H3,(H,19,23). The van der Waals surface area contributed by atoms with Crippen LogP contribution in [0.1, 0.15) is 37.0 Å². The number of nitrogens with one attached hydrogen (secondary N) is 1. The topological polar surface area (TPSA) is 61.9 Å². The van der Waals surface area contributed by atoms with E-state index < -0.39 is 5.72 Å². The van der Waals surface area contributed by atoms with Crippen molar-refractivity contribution in [1.82, 2.24) is 15.1 Å². The largest absolute Gasteiger partial charge is 0.467 e. The number of hydrogen-bond acceptors (Lipinski definition) is 4. The fourth-order valence-electron chi connectivity index (χ4n) is 3.34. The number of para-hydroxylation sites is 1. The first kappa shape index (κ1) is 16.8. The summed E-state index contributed by atoms with van der Waals surface area (Å²) in [6.07, 6.45) is 1.22. The fourth-order valence-corrected chi connectivity index (χ4v) is 3.34. The summed E-state index contributed by atoms with van der Waals surface area (Å²) >= 11 is 0. The number of ether oxygens (including phenoxy) is 1. The lowest BCUT2D eigenvalue weighted by Crippen LogP contribution is -2.62. The number of fused-ring (bicyclic) bond motifs is 1. The average Bonchev–Trinajstić information content (AvgIpc) is 2.60. The molecule has 2 amide bonds. The van der Waals surface area contributed by atoms with Crippen molar-refractivity contribution in [2.75, 3.05) is 32.7 Å². The van der Waals surface area contributed by atoms with Crippen LogP contribution in [0.15, 0.2) is 24.3 Å². The maximum Gasteiger partial charge on any atom is 0.258 e. The summed E-state index contributed by atoms with van der Waals surface area (Å²) in [6, 6.07) is 7.29. The van der Waals surface area contributed by atoms with Gasteiger partial charge in [0.25, 0.3) is 5.91 Å². The molecule has 0 unspecified atom stereocenters. The molecule has 0 atom stereocenters. The van der Waals surface area contributed by atoms with Gasteiger partial charge >= 0.3 is 0 Å². The highest BCUT2D eigenvalue weighted by Gasteiger charge is 2.43. The normalized spacial score (nSPS) is 19.0. The van der Waals surface area contributed by atoms with Crippen LogP contribution in [0.5, 0.6) is 5.75 Å². The molecule has 6 heteroatoms. The minimum Gasteiger partial charge on any atom is -0.467 e. The van der Waals surface area contributed by atoms with Crippen molar-refractivity contribution in [1.29, 1.82) is 0 Å². The number of amides is 2. The van der Waals surface area contributed by atoms with Gasteiger partial charge in [0.15, 0.2) is 5.72 Å². The van der Waals surface area contributed by atoms with Gasteiger partial charge in [0.05, 0.1) is 12.1 Å². The molecule has 1 N–H and O–H groups in total. The van der Waals surface area contributed by atoms with E-state index in [1.807, 2.05) is 23.1 Å². The lowest BCUT2D eigenvalue weighted by atomic mass is 9.97. The summed E-state index contributed by atoms with van der Waals surface area (Å²) in [5, 5.41) is 3.00. The van der Waals surface area contributed by atoms with Crippen molar-refractivity contribution < 1.29 is 14.3 Å². The number of nitrogens with zero attached hydrogens (tertiary/aromatic N) is 2. The Hall–Kier alpha value is -2.08. The number of likely N-dealkylation sites (N-methyl/N-ethyl adjacent to an activating group) is 1. The molecule has 1 fully saturated rings. The number of rotatable bonds is 4. The zero-order chi connectivity index (χ0) is 17.2. The van der Waals surface area contributed by atoms with Gasteiger partial charge in [-0.2, -0.15) is 0 Å². The molecule has 0 radical (unpaired) electrons. The molecule has 2 aliphatic rings. The first-order chi connectivity index (χ1) is 11.6. The lowest BCUT2D eigenvalue weighted by Gasteiger charge is -2.44. The Balaban J connectivity index is 1.63. The molecule has 1 aromatic carbocycles. The molecule has 1 spiro atoms. The zero-order valence-electron chi connectivity index (χ0n) is 14.4. The van der Waals surface area contributed by atoms with E-state index in [4.69, 9.17) is 4.74 Å². The summed E-state index contributed by atoms with van der Waals surface area (Å²) in [4.78, 5) is 28.7. The van der Waals surface area contributed by atoms with E-state index in [0.717, 1.165) is 13.1 Å². The van der Waals surface area contributed by atoms with E-state index in [-0.39, 0.29) is 11.8 Å². The van der Waals surface area contributed by atoms with Gasteiger partial charge in [-0.25, -0.2) is 0 Å². The average molecular weight is 331 g/mol. The van der Waals surface area contributed by atoms with Gasteiger partial charge < -0.3 is 15.0 Å². The van der Waals surface area contributed by atoms with Crippen LogP contribution in [0.25, 0.3) is 0 Å². The minimum absolute atomic E-state index is 0.0974. The Labute approximate surface area is 142 Å². The van der Waals surface area contributed by atoms with Crippen LogP contribution >= 0.6 is 0 Å². The van der Waals surface area contributed by atoms with Crippen molar-refractivity contribution in [2.24, 2.45) is 0 Å². The van der Waals surface area contributed by atoms with E-state index in [0.29, 0.717) is 43.8 Å².